The van der Waals surface area contributed by atoms with E-state index in [4.69, 9.17) is 0 Å². The molecule has 0 atom stereocenters. The van der Waals surface area contributed by atoms with Gasteiger partial charge in [-0.25, -0.2) is 8.78 Å². The lowest BCUT2D eigenvalue weighted by Gasteiger charge is -2.23. The number of hydrogen-bond donors (Lipinski definition) is 3. The molecule has 0 aliphatic rings. The minimum absolute atomic E-state index is 0.285. The Labute approximate surface area is 238 Å². The van der Waals surface area contributed by atoms with E-state index >= 15 is 0 Å². The summed E-state index contributed by atoms with van der Waals surface area (Å²) in [6, 6.07) is 14.7. The highest BCUT2D eigenvalue weighted by Gasteiger charge is 2.17. The Balaban J connectivity index is 1.56. The molecule has 0 bridgehead atoms. The van der Waals surface area contributed by atoms with Gasteiger partial charge in [-0.05, 0) is 81.5 Å². The molecule has 0 unspecified atom stereocenters. The van der Waals surface area contributed by atoms with Crippen molar-refractivity contribution in [2.75, 3.05) is 56.3 Å². The second-order valence-electron chi connectivity index (χ2n) is 10.5. The second-order valence-corrected chi connectivity index (χ2v) is 11.7. The molecule has 212 valence electrons. The zero-order valence-electron chi connectivity index (χ0n) is 23.5. The molecule has 0 radical (unpaired) electrons. The summed E-state index contributed by atoms with van der Waals surface area (Å²) in [4.78, 5) is 19.0. The Morgan fingerprint density at radius 1 is 0.975 bits per heavy atom. The highest BCUT2D eigenvalue weighted by atomic mass is 32.2. The van der Waals surface area contributed by atoms with Gasteiger partial charge in [0.2, 0.25) is 0 Å². The Morgan fingerprint density at radius 3 is 2.42 bits per heavy atom. The third-order valence-corrected chi connectivity index (χ3v) is 7.29. The first kappa shape index (κ1) is 29.4. The van der Waals surface area contributed by atoms with Crippen molar-refractivity contribution in [3.05, 3.63) is 71.8 Å². The summed E-state index contributed by atoms with van der Waals surface area (Å²) >= 11 is 1.23. The summed E-state index contributed by atoms with van der Waals surface area (Å²) in [5.74, 6) is -0.769. The molecule has 0 spiro atoms. The van der Waals surface area contributed by atoms with Gasteiger partial charge in [-0.3, -0.25) is 9.89 Å². The van der Waals surface area contributed by atoms with Crippen LogP contribution >= 0.6 is 11.8 Å². The van der Waals surface area contributed by atoms with Gasteiger partial charge in [0.05, 0.1) is 11.1 Å². The van der Waals surface area contributed by atoms with E-state index in [9.17, 15) is 13.6 Å². The molecular weight excluding hydrogens is 530 g/mol. The highest BCUT2D eigenvalue weighted by Crippen LogP contribution is 2.33. The van der Waals surface area contributed by atoms with Gasteiger partial charge in [0.1, 0.15) is 11.6 Å². The normalized spacial score (nSPS) is 11.4. The highest BCUT2D eigenvalue weighted by molar-refractivity contribution is 7.99. The van der Waals surface area contributed by atoms with E-state index in [-0.39, 0.29) is 5.91 Å². The van der Waals surface area contributed by atoms with Gasteiger partial charge in [-0.1, -0.05) is 25.6 Å². The van der Waals surface area contributed by atoms with Crippen LogP contribution in [0, 0.1) is 17.6 Å². The summed E-state index contributed by atoms with van der Waals surface area (Å²) in [6.45, 7) is 6.86. The van der Waals surface area contributed by atoms with Gasteiger partial charge in [-0.15, -0.1) is 0 Å². The number of amides is 1. The van der Waals surface area contributed by atoms with Crippen LogP contribution in [0.4, 0.5) is 26.0 Å². The molecule has 1 aromatic heterocycles. The fourth-order valence-electron chi connectivity index (χ4n) is 4.23. The van der Waals surface area contributed by atoms with Crippen molar-refractivity contribution in [3.63, 3.8) is 0 Å². The van der Waals surface area contributed by atoms with E-state index in [1.165, 1.54) is 23.9 Å². The first-order valence-electron chi connectivity index (χ1n) is 13.3. The minimum Gasteiger partial charge on any atom is -0.384 e. The molecule has 3 aromatic carbocycles. The fourth-order valence-corrected chi connectivity index (χ4v) is 5.16. The molecule has 1 amide bonds. The van der Waals surface area contributed by atoms with E-state index in [2.05, 4.69) is 65.6 Å². The lowest BCUT2D eigenvalue weighted by molar-refractivity contribution is 0.102. The summed E-state index contributed by atoms with van der Waals surface area (Å²) in [7, 11) is 6.19. The maximum absolute atomic E-state index is 13.7. The topological polar surface area (TPSA) is 76.3 Å². The molecule has 0 fully saturated rings. The number of H-pyrrole nitrogens is 1. The zero-order chi connectivity index (χ0) is 28.8. The SMILES string of the molecule is CC(C)CNc1cc(N(C)CCCN(C)C)ccc1C(=O)Nc1n[nH]c2ccc(Sc3cc(F)cc(F)c3)cc12. The lowest BCUT2D eigenvalue weighted by Crippen LogP contribution is -2.24. The van der Waals surface area contributed by atoms with Crippen LogP contribution in [0.15, 0.2) is 64.4 Å². The van der Waals surface area contributed by atoms with Gasteiger partial charge >= 0.3 is 0 Å². The number of benzene rings is 3. The Kier molecular flexibility index (Phi) is 9.65. The van der Waals surface area contributed by atoms with Gasteiger partial charge in [0.25, 0.3) is 5.91 Å². The number of hydrogen-bond acceptors (Lipinski definition) is 6. The molecule has 4 aromatic rings. The van der Waals surface area contributed by atoms with Gasteiger partial charge in [0, 0.05) is 52.8 Å². The number of anilines is 3. The van der Waals surface area contributed by atoms with Crippen LogP contribution in [0.1, 0.15) is 30.6 Å². The molecule has 3 N–H and O–H groups in total. The minimum atomic E-state index is -0.632. The van der Waals surface area contributed by atoms with Crippen molar-refractivity contribution in [1.82, 2.24) is 15.1 Å². The molecule has 4 rings (SSSR count). The van der Waals surface area contributed by atoms with E-state index < -0.39 is 11.6 Å². The number of nitrogens with zero attached hydrogens (tertiary/aromatic N) is 3. The predicted octanol–water partition coefficient (Wildman–Crippen LogP) is 6.70. The van der Waals surface area contributed by atoms with Gasteiger partial charge in [-0.2, -0.15) is 5.10 Å². The van der Waals surface area contributed by atoms with Crippen LogP contribution in [-0.2, 0) is 0 Å². The lowest BCUT2D eigenvalue weighted by atomic mass is 10.1. The van der Waals surface area contributed by atoms with Crippen molar-refractivity contribution < 1.29 is 13.6 Å². The first-order chi connectivity index (χ1) is 19.1. The predicted molar refractivity (Wildman–Crippen MR) is 161 cm³/mol. The summed E-state index contributed by atoms with van der Waals surface area (Å²) in [6.07, 6.45) is 1.03. The molecule has 1 heterocycles. The van der Waals surface area contributed by atoms with E-state index in [0.29, 0.717) is 27.6 Å². The van der Waals surface area contributed by atoms with Gasteiger partial charge < -0.3 is 20.4 Å². The Hall–Kier alpha value is -3.63. The number of rotatable bonds is 12. The maximum Gasteiger partial charge on any atom is 0.258 e. The molecule has 7 nitrogen and oxygen atoms in total. The third-order valence-electron chi connectivity index (χ3n) is 6.33. The average molecular weight is 567 g/mol. The number of carbonyl (C=O) groups is 1. The third kappa shape index (κ3) is 7.73. The Morgan fingerprint density at radius 2 is 1.73 bits per heavy atom. The smallest absolute Gasteiger partial charge is 0.258 e. The molecule has 10 heteroatoms. The number of fused-ring (bicyclic) bond motifs is 1. The number of aromatic amines is 1. The first-order valence-corrected chi connectivity index (χ1v) is 14.1. The standard InChI is InChI=1S/C30H36F2N6OS/c1-19(2)18-33-28-16-22(38(5)12-6-11-37(3)4)7-9-25(28)30(39)34-29-26-17-23(8-10-27(26)35-36-29)40-24-14-20(31)13-21(32)15-24/h7-10,13-17,19,33H,6,11-12,18H2,1-5H3,(H2,34,35,36,39). The van der Waals surface area contributed by atoms with Gasteiger partial charge in [0.15, 0.2) is 5.82 Å². The summed E-state index contributed by atoms with van der Waals surface area (Å²) in [5, 5.41) is 14.3. The largest absolute Gasteiger partial charge is 0.384 e. The zero-order valence-corrected chi connectivity index (χ0v) is 24.3. The van der Waals surface area contributed by atoms with E-state index in [0.717, 1.165) is 53.9 Å². The quantitative estimate of drug-likeness (QED) is 0.177. The summed E-state index contributed by atoms with van der Waals surface area (Å²) in [5.41, 5.74) is 3.04. The molecular formula is C30H36F2N6OS. The van der Waals surface area contributed by atoms with Crippen molar-refractivity contribution in [2.24, 2.45) is 5.92 Å². The van der Waals surface area contributed by atoms with Crippen molar-refractivity contribution >= 4 is 45.8 Å². The van der Waals surface area contributed by atoms with Crippen molar-refractivity contribution in [3.8, 4) is 0 Å². The number of aromatic nitrogens is 2. The molecule has 0 saturated carbocycles. The molecule has 40 heavy (non-hydrogen) atoms. The molecule has 0 aliphatic carbocycles. The molecule has 0 saturated heterocycles. The molecule has 0 aliphatic heterocycles. The van der Waals surface area contributed by atoms with Crippen LogP contribution < -0.4 is 15.5 Å². The number of carbonyl (C=O) groups excluding carboxylic acids is 1. The van der Waals surface area contributed by atoms with Crippen molar-refractivity contribution in [1.29, 1.82) is 0 Å². The maximum atomic E-state index is 13.7. The monoisotopic (exact) mass is 566 g/mol. The van der Waals surface area contributed by atoms with Crippen LogP contribution in [0.2, 0.25) is 0 Å². The van der Waals surface area contributed by atoms with Crippen LogP contribution in [0.5, 0.6) is 0 Å². The second kappa shape index (κ2) is 13.1. The van der Waals surface area contributed by atoms with Crippen LogP contribution in [0.25, 0.3) is 10.9 Å². The van der Waals surface area contributed by atoms with Crippen LogP contribution in [0.3, 0.4) is 0 Å². The average Bonchev–Trinajstić information content (AvgIpc) is 3.28. The fraction of sp³-hybridized carbons (Fsp3) is 0.333. The van der Waals surface area contributed by atoms with E-state index in [1.807, 2.05) is 36.4 Å². The number of nitrogens with one attached hydrogen (secondary N) is 3. The Bertz CT molecular complexity index is 1450. The van der Waals surface area contributed by atoms with Crippen LogP contribution in [-0.4, -0.2) is 61.8 Å². The summed E-state index contributed by atoms with van der Waals surface area (Å²) < 4.78 is 27.3. The van der Waals surface area contributed by atoms with E-state index in [1.54, 1.807) is 0 Å². The number of halogens is 2. The van der Waals surface area contributed by atoms with Crippen molar-refractivity contribution in [2.45, 2.75) is 30.1 Å².